The van der Waals surface area contributed by atoms with Gasteiger partial charge in [0.25, 0.3) is 11.8 Å². The largest absolute Gasteiger partial charge is 0.381 e. The first-order chi connectivity index (χ1) is 17.8. The maximum Gasteiger partial charge on any atom is 0.260 e. The Bertz CT molecular complexity index is 1570. The topological polar surface area (TPSA) is 106 Å². The summed E-state index contributed by atoms with van der Waals surface area (Å²) in [4.78, 5) is 33.4. The fourth-order valence-corrected chi connectivity index (χ4v) is 5.11. The lowest BCUT2D eigenvalue weighted by molar-refractivity contribution is 0.0907. The molecule has 1 unspecified atom stereocenters. The Balaban J connectivity index is 1.49. The van der Waals surface area contributed by atoms with Gasteiger partial charge in [-0.2, -0.15) is 0 Å². The van der Waals surface area contributed by atoms with Crippen molar-refractivity contribution in [2.75, 3.05) is 17.2 Å². The molecule has 8 nitrogen and oxygen atoms in total. The van der Waals surface area contributed by atoms with Crippen LogP contribution in [0.2, 0.25) is 0 Å². The molecule has 3 N–H and O–H groups in total. The number of carbonyl (C=O) groups excluding carboxylic acids is 2. The number of fused-ring (bicyclic) bond motifs is 2. The number of rotatable bonds is 5. The number of amides is 2. The predicted molar refractivity (Wildman–Crippen MR) is 143 cm³/mol. The molecular weight excluding hydrogens is 464 g/mol. The van der Waals surface area contributed by atoms with E-state index >= 15 is 0 Å². The van der Waals surface area contributed by atoms with Crippen LogP contribution in [0.5, 0.6) is 0 Å². The van der Waals surface area contributed by atoms with E-state index in [1.165, 1.54) is 4.52 Å². The molecule has 0 spiro atoms. The van der Waals surface area contributed by atoms with E-state index in [4.69, 9.17) is 5.73 Å². The van der Waals surface area contributed by atoms with Gasteiger partial charge < -0.3 is 16.0 Å². The average molecular weight is 493 g/mol. The highest BCUT2D eigenvalue weighted by Crippen LogP contribution is 2.40. The summed E-state index contributed by atoms with van der Waals surface area (Å²) >= 11 is 0. The van der Waals surface area contributed by atoms with E-state index in [2.05, 4.69) is 34.2 Å². The number of benzene rings is 2. The van der Waals surface area contributed by atoms with E-state index in [1.807, 2.05) is 60.4 Å². The summed E-state index contributed by atoms with van der Waals surface area (Å²) in [6.07, 6.45) is 3.90. The van der Waals surface area contributed by atoms with Crippen molar-refractivity contribution >= 4 is 29.0 Å². The summed E-state index contributed by atoms with van der Waals surface area (Å²) in [6.45, 7) is 6.20. The Morgan fingerprint density at radius 2 is 1.97 bits per heavy atom. The Labute approximate surface area is 215 Å². The minimum Gasteiger partial charge on any atom is -0.381 e. The molecule has 4 aromatic rings. The van der Waals surface area contributed by atoms with Gasteiger partial charge in [-0.05, 0) is 56.0 Å². The molecule has 3 heterocycles. The molecule has 0 aliphatic carbocycles. The van der Waals surface area contributed by atoms with Crippen LogP contribution in [0, 0.1) is 17.8 Å². The highest BCUT2D eigenvalue weighted by Gasteiger charge is 2.46. The summed E-state index contributed by atoms with van der Waals surface area (Å²) in [5.74, 6) is 5.57. The first-order valence-electron chi connectivity index (χ1n) is 12.2. The van der Waals surface area contributed by atoms with Crippen LogP contribution < -0.4 is 16.0 Å². The molecule has 0 saturated carbocycles. The van der Waals surface area contributed by atoms with Crippen LogP contribution in [0.1, 0.15) is 52.6 Å². The van der Waals surface area contributed by atoms with E-state index < -0.39 is 5.54 Å². The van der Waals surface area contributed by atoms with Crippen LogP contribution >= 0.6 is 0 Å². The maximum atomic E-state index is 14.1. The number of nitrogen functional groups attached to an aromatic ring is 1. The molecule has 186 valence electrons. The van der Waals surface area contributed by atoms with Gasteiger partial charge in [-0.25, -0.2) is 9.50 Å². The number of hydrogen-bond acceptors (Lipinski definition) is 5. The molecular formula is C29H28N6O2. The third-order valence-corrected chi connectivity index (χ3v) is 7.18. The van der Waals surface area contributed by atoms with Gasteiger partial charge in [0.15, 0.2) is 11.5 Å². The number of para-hydroxylation sites is 1. The van der Waals surface area contributed by atoms with Crippen molar-refractivity contribution in [3.05, 3.63) is 89.2 Å². The predicted octanol–water partition coefficient (Wildman–Crippen LogP) is 3.71. The molecule has 0 saturated heterocycles. The van der Waals surface area contributed by atoms with Crippen LogP contribution in [0.25, 0.3) is 5.65 Å². The minimum atomic E-state index is -0.623. The van der Waals surface area contributed by atoms with Gasteiger partial charge in [0, 0.05) is 30.2 Å². The van der Waals surface area contributed by atoms with Crippen molar-refractivity contribution in [2.45, 2.75) is 32.7 Å². The van der Waals surface area contributed by atoms with E-state index in [1.54, 1.807) is 25.4 Å². The highest BCUT2D eigenvalue weighted by molar-refractivity contribution is 6.11. The number of nitrogens with one attached hydrogen (secondary N) is 1. The Kier molecular flexibility index (Phi) is 6.14. The number of anilines is 2. The van der Waals surface area contributed by atoms with Gasteiger partial charge in [-0.15, -0.1) is 11.0 Å². The molecule has 8 heteroatoms. The summed E-state index contributed by atoms with van der Waals surface area (Å²) in [6, 6.07) is 17.2. The Hall–Kier alpha value is -4.64. The Morgan fingerprint density at radius 1 is 1.19 bits per heavy atom. The van der Waals surface area contributed by atoms with Gasteiger partial charge >= 0.3 is 0 Å². The van der Waals surface area contributed by atoms with Crippen molar-refractivity contribution in [3.8, 4) is 11.8 Å². The zero-order chi connectivity index (χ0) is 26.2. The second-order valence-corrected chi connectivity index (χ2v) is 9.48. The standard InChI is InChI=1S/C29H28N6O2/c1-4-10-20-11-8-12-21-17-29(3,35(28(37)23(20)21)22-13-6-5-7-14-22)19(2)18-32-27(36)24-25(30)33-34-16-9-15-31-26(24)34/h5-9,11-16,19H,17-18H2,1-3H3,(H2,30,33)(H,32,36)/t19-,29?/m0/s1. The van der Waals surface area contributed by atoms with E-state index in [0.29, 0.717) is 24.2 Å². The van der Waals surface area contributed by atoms with Crippen molar-refractivity contribution in [1.82, 2.24) is 19.9 Å². The first-order valence-corrected chi connectivity index (χ1v) is 12.2. The van der Waals surface area contributed by atoms with E-state index in [-0.39, 0.29) is 29.1 Å². The lowest BCUT2D eigenvalue weighted by Gasteiger charge is -2.49. The monoisotopic (exact) mass is 492 g/mol. The second-order valence-electron chi connectivity index (χ2n) is 9.48. The molecule has 0 fully saturated rings. The van der Waals surface area contributed by atoms with Gasteiger partial charge in [-0.1, -0.05) is 43.2 Å². The van der Waals surface area contributed by atoms with Crippen molar-refractivity contribution in [2.24, 2.45) is 5.92 Å². The number of nitrogens with zero attached hydrogens (tertiary/aromatic N) is 4. The van der Waals surface area contributed by atoms with Gasteiger partial charge in [-0.3, -0.25) is 9.59 Å². The molecule has 2 aromatic carbocycles. The summed E-state index contributed by atoms with van der Waals surface area (Å²) in [7, 11) is 0. The van der Waals surface area contributed by atoms with Crippen molar-refractivity contribution in [1.29, 1.82) is 0 Å². The Morgan fingerprint density at radius 3 is 2.73 bits per heavy atom. The lowest BCUT2D eigenvalue weighted by Crippen LogP contribution is -2.60. The molecule has 0 radical (unpaired) electrons. The number of carbonyl (C=O) groups is 2. The number of hydrogen-bond donors (Lipinski definition) is 2. The van der Waals surface area contributed by atoms with Crippen molar-refractivity contribution < 1.29 is 9.59 Å². The average Bonchev–Trinajstić information content (AvgIpc) is 3.23. The van der Waals surface area contributed by atoms with Gasteiger partial charge in [0.1, 0.15) is 5.56 Å². The zero-order valence-electron chi connectivity index (χ0n) is 21.0. The SMILES string of the molecule is CC#Cc1cccc2c1C(=O)N(c1ccccc1)C(C)([C@@H](C)CNC(=O)c1c(N)nn3cccnc13)C2. The van der Waals surface area contributed by atoms with Crippen molar-refractivity contribution in [3.63, 3.8) is 0 Å². The zero-order valence-corrected chi connectivity index (χ0v) is 21.0. The summed E-state index contributed by atoms with van der Waals surface area (Å²) in [5, 5.41) is 7.19. The molecule has 1 aliphatic rings. The van der Waals surface area contributed by atoms with Gasteiger partial charge in [0.2, 0.25) is 0 Å². The molecule has 37 heavy (non-hydrogen) atoms. The van der Waals surface area contributed by atoms with Crippen LogP contribution in [0.3, 0.4) is 0 Å². The van der Waals surface area contributed by atoms with Crippen LogP contribution in [0.15, 0.2) is 67.0 Å². The molecule has 5 rings (SSSR count). The third kappa shape index (κ3) is 4.08. The van der Waals surface area contributed by atoms with Crippen LogP contribution in [-0.2, 0) is 6.42 Å². The minimum absolute atomic E-state index is 0.0949. The van der Waals surface area contributed by atoms with Gasteiger partial charge in [0.05, 0.1) is 11.1 Å². The maximum absolute atomic E-state index is 14.1. The molecule has 2 aromatic heterocycles. The van der Waals surface area contributed by atoms with Crippen LogP contribution in [0.4, 0.5) is 11.5 Å². The van der Waals surface area contributed by atoms with E-state index in [9.17, 15) is 9.59 Å². The lowest BCUT2D eigenvalue weighted by atomic mass is 9.74. The smallest absolute Gasteiger partial charge is 0.260 e. The number of aromatic nitrogens is 3. The molecule has 2 amide bonds. The fourth-order valence-electron chi connectivity index (χ4n) is 5.11. The fraction of sp³-hybridized carbons (Fsp3) is 0.241. The molecule has 0 bridgehead atoms. The molecule has 1 aliphatic heterocycles. The van der Waals surface area contributed by atoms with Crippen LogP contribution in [-0.4, -0.2) is 38.5 Å². The molecule has 2 atom stereocenters. The number of nitrogens with two attached hydrogens (primary N) is 1. The quantitative estimate of drug-likeness (QED) is 0.413. The van der Waals surface area contributed by atoms with E-state index in [0.717, 1.165) is 16.8 Å². The summed E-state index contributed by atoms with van der Waals surface area (Å²) < 4.78 is 1.49. The summed E-state index contributed by atoms with van der Waals surface area (Å²) in [5.41, 5.74) is 9.17. The normalized spacial score (nSPS) is 17.6. The second kappa shape index (κ2) is 9.43. The third-order valence-electron chi connectivity index (χ3n) is 7.18. The highest BCUT2D eigenvalue weighted by atomic mass is 16.2. The first kappa shape index (κ1) is 24.1.